The molecule has 0 bridgehead atoms. The van der Waals surface area contributed by atoms with E-state index in [0.717, 1.165) is 0 Å². The molecule has 0 radical (unpaired) electrons. The molecule has 1 aliphatic heterocycles. The van der Waals surface area contributed by atoms with E-state index in [4.69, 9.17) is 4.74 Å². The highest BCUT2D eigenvalue weighted by Crippen LogP contribution is 2.49. The van der Waals surface area contributed by atoms with Gasteiger partial charge in [-0.2, -0.15) is 0 Å². The van der Waals surface area contributed by atoms with Crippen LogP contribution < -0.4 is 0 Å². The maximum atomic E-state index is 5.92. The lowest BCUT2D eigenvalue weighted by molar-refractivity contribution is 0.329. The molecule has 1 aliphatic rings. The molecule has 1 fully saturated rings. The average Bonchev–Trinajstić information content (AvgIpc) is 2.63. The van der Waals surface area contributed by atoms with Gasteiger partial charge in [0.2, 0.25) is 0 Å². The molecule has 1 rings (SSSR count). The third kappa shape index (κ3) is 1.47. The molecule has 0 aromatic carbocycles. The molecule has 2 heteroatoms. The van der Waals surface area contributed by atoms with Gasteiger partial charge in [-0.25, -0.2) is 0 Å². The van der Waals surface area contributed by atoms with Crippen LogP contribution in [0.3, 0.4) is 0 Å². The van der Waals surface area contributed by atoms with Crippen LogP contribution in [0, 0.1) is 0 Å². The molecule has 0 N–H and O–H groups in total. The molecule has 0 spiro atoms. The minimum Gasteiger partial charge on any atom is -0.370 e. The predicted octanol–water partition coefficient (Wildman–Crippen LogP) is 3.21. The topological polar surface area (TPSA) is 12.5 Å². The summed E-state index contributed by atoms with van der Waals surface area (Å²) in [7, 11) is -1.10. The van der Waals surface area contributed by atoms with Gasteiger partial charge in [-0.3, -0.25) is 0 Å². The largest absolute Gasteiger partial charge is 0.370 e. The Kier molecular flexibility index (Phi) is 2.69. The van der Waals surface area contributed by atoms with Gasteiger partial charge >= 0.3 is 0 Å². The summed E-state index contributed by atoms with van der Waals surface area (Å²) in [5.74, 6) is 0. The molecule has 0 aromatic heterocycles. The summed E-state index contributed by atoms with van der Waals surface area (Å²) in [4.78, 5) is 0. The first-order valence-corrected chi connectivity index (χ1v) is 8.65. The summed E-state index contributed by atoms with van der Waals surface area (Å²) in [6.45, 7) is 11.8. The van der Waals surface area contributed by atoms with Crippen LogP contribution in [0.25, 0.3) is 0 Å². The SMILES string of the molecule is CCC[C@]1([Si](C)(C)C)O[C@H]1CC. The Morgan fingerprint density at radius 1 is 1.25 bits per heavy atom. The fourth-order valence-corrected chi connectivity index (χ4v) is 4.92. The van der Waals surface area contributed by atoms with Crippen molar-refractivity contribution in [3.05, 3.63) is 0 Å². The molecule has 1 nitrogen and oxygen atoms in total. The predicted molar refractivity (Wildman–Crippen MR) is 56.1 cm³/mol. The second-order valence-electron chi connectivity index (χ2n) is 4.90. The Morgan fingerprint density at radius 2 is 1.83 bits per heavy atom. The summed E-state index contributed by atoms with van der Waals surface area (Å²) in [6.07, 6.45) is 4.33. The van der Waals surface area contributed by atoms with Crippen LogP contribution in [0.2, 0.25) is 19.6 Å². The molecular weight excluding hydrogens is 164 g/mol. The van der Waals surface area contributed by atoms with E-state index in [9.17, 15) is 0 Å². The van der Waals surface area contributed by atoms with Crippen molar-refractivity contribution in [1.29, 1.82) is 0 Å². The smallest absolute Gasteiger partial charge is 0.0858 e. The van der Waals surface area contributed by atoms with E-state index in [0.29, 0.717) is 11.3 Å². The number of hydrogen-bond acceptors (Lipinski definition) is 1. The molecule has 1 heterocycles. The first-order chi connectivity index (χ1) is 5.48. The van der Waals surface area contributed by atoms with Gasteiger partial charge < -0.3 is 4.74 Å². The van der Waals surface area contributed by atoms with Crippen molar-refractivity contribution in [1.82, 2.24) is 0 Å². The number of epoxide rings is 1. The van der Waals surface area contributed by atoms with Crippen molar-refractivity contribution >= 4 is 8.07 Å². The third-order valence-corrected chi connectivity index (χ3v) is 6.31. The third-order valence-electron chi connectivity index (χ3n) is 3.08. The molecular formula is C10H22OSi. The Balaban J connectivity index is 2.65. The van der Waals surface area contributed by atoms with E-state index >= 15 is 0 Å². The first kappa shape index (κ1) is 10.3. The molecule has 72 valence electrons. The Hall–Kier alpha value is 0.177. The van der Waals surface area contributed by atoms with Crippen molar-refractivity contribution < 1.29 is 4.74 Å². The van der Waals surface area contributed by atoms with Gasteiger partial charge in [0.15, 0.2) is 0 Å². The fourth-order valence-electron chi connectivity index (χ4n) is 2.26. The van der Waals surface area contributed by atoms with Crippen LogP contribution in [0.15, 0.2) is 0 Å². The van der Waals surface area contributed by atoms with E-state index < -0.39 is 8.07 Å². The van der Waals surface area contributed by atoms with Gasteiger partial charge in [0.25, 0.3) is 0 Å². The molecule has 0 unspecified atom stereocenters. The van der Waals surface area contributed by atoms with Crippen molar-refractivity contribution in [3.8, 4) is 0 Å². The summed E-state index contributed by atoms with van der Waals surface area (Å²) >= 11 is 0. The maximum absolute atomic E-state index is 5.92. The molecule has 0 aliphatic carbocycles. The lowest BCUT2D eigenvalue weighted by Crippen LogP contribution is -2.43. The molecule has 2 atom stereocenters. The second-order valence-corrected chi connectivity index (χ2v) is 10.3. The molecule has 0 amide bonds. The highest BCUT2D eigenvalue weighted by Gasteiger charge is 2.61. The highest BCUT2D eigenvalue weighted by molar-refractivity contribution is 6.79. The monoisotopic (exact) mass is 186 g/mol. The lowest BCUT2D eigenvalue weighted by Gasteiger charge is -2.25. The van der Waals surface area contributed by atoms with E-state index in [1.165, 1.54) is 19.3 Å². The fraction of sp³-hybridized carbons (Fsp3) is 1.00. The van der Waals surface area contributed by atoms with Gasteiger partial charge in [0.1, 0.15) is 0 Å². The Bertz CT molecular complexity index is 162. The zero-order valence-electron chi connectivity index (χ0n) is 9.11. The van der Waals surface area contributed by atoms with E-state index in [1.54, 1.807) is 0 Å². The van der Waals surface area contributed by atoms with Crippen LogP contribution in [-0.4, -0.2) is 19.4 Å². The highest BCUT2D eigenvalue weighted by atomic mass is 28.3. The van der Waals surface area contributed by atoms with Gasteiger partial charge in [0.05, 0.1) is 19.4 Å². The van der Waals surface area contributed by atoms with E-state index in [-0.39, 0.29) is 0 Å². The summed E-state index contributed by atoms with van der Waals surface area (Å²) < 4.78 is 5.92. The standard InChI is InChI=1S/C10H22OSi/c1-6-8-10(12(3,4)5)9(7-2)11-10/h9H,6-8H2,1-5H3/t9-,10+/m0/s1. The lowest BCUT2D eigenvalue weighted by atomic mass is 10.1. The summed E-state index contributed by atoms with van der Waals surface area (Å²) in [6, 6.07) is 0. The zero-order chi connectivity index (χ0) is 9.41. The minimum absolute atomic E-state index is 0.344. The quantitative estimate of drug-likeness (QED) is 0.485. The summed E-state index contributed by atoms with van der Waals surface area (Å²) in [5.41, 5.74) is 0. The van der Waals surface area contributed by atoms with E-state index in [2.05, 4.69) is 33.5 Å². The van der Waals surface area contributed by atoms with Gasteiger partial charge in [-0.15, -0.1) is 0 Å². The maximum Gasteiger partial charge on any atom is 0.0858 e. The van der Waals surface area contributed by atoms with Gasteiger partial charge in [-0.05, 0) is 12.8 Å². The molecule has 12 heavy (non-hydrogen) atoms. The van der Waals surface area contributed by atoms with Crippen LogP contribution in [0.5, 0.6) is 0 Å². The van der Waals surface area contributed by atoms with Crippen molar-refractivity contribution in [2.45, 2.75) is 64.1 Å². The number of hydrogen-bond donors (Lipinski definition) is 0. The van der Waals surface area contributed by atoms with Gasteiger partial charge in [0, 0.05) is 0 Å². The van der Waals surface area contributed by atoms with Crippen LogP contribution >= 0.6 is 0 Å². The van der Waals surface area contributed by atoms with Crippen LogP contribution in [-0.2, 0) is 4.74 Å². The second kappa shape index (κ2) is 3.15. The Labute approximate surface area is 77.5 Å². The number of ether oxygens (including phenoxy) is 1. The molecule has 1 saturated heterocycles. The first-order valence-electron chi connectivity index (χ1n) is 5.15. The van der Waals surface area contributed by atoms with Crippen LogP contribution in [0.1, 0.15) is 33.1 Å². The molecule has 0 aromatic rings. The zero-order valence-corrected chi connectivity index (χ0v) is 10.1. The van der Waals surface area contributed by atoms with E-state index in [1.807, 2.05) is 0 Å². The average molecular weight is 186 g/mol. The molecule has 0 saturated carbocycles. The van der Waals surface area contributed by atoms with Crippen molar-refractivity contribution in [3.63, 3.8) is 0 Å². The minimum atomic E-state index is -1.10. The van der Waals surface area contributed by atoms with Crippen molar-refractivity contribution in [2.75, 3.05) is 0 Å². The number of rotatable bonds is 4. The van der Waals surface area contributed by atoms with Crippen LogP contribution in [0.4, 0.5) is 0 Å². The Morgan fingerprint density at radius 3 is 2.08 bits per heavy atom. The van der Waals surface area contributed by atoms with Crippen molar-refractivity contribution in [2.24, 2.45) is 0 Å². The summed E-state index contributed by atoms with van der Waals surface area (Å²) in [5, 5.41) is 0.344. The van der Waals surface area contributed by atoms with Gasteiger partial charge in [-0.1, -0.05) is 39.9 Å². The normalized spacial score (nSPS) is 35.2.